The molecule has 4 nitrogen and oxygen atoms in total. The van der Waals surface area contributed by atoms with E-state index < -0.39 is 0 Å². The van der Waals surface area contributed by atoms with E-state index in [0.717, 1.165) is 17.7 Å². The van der Waals surface area contributed by atoms with Crippen LogP contribution in [-0.2, 0) is 0 Å². The quantitative estimate of drug-likeness (QED) is 0.845. The summed E-state index contributed by atoms with van der Waals surface area (Å²) in [5.74, 6) is 1.32. The van der Waals surface area contributed by atoms with Crippen molar-refractivity contribution in [2.45, 2.75) is 60.0 Å². The second-order valence-corrected chi connectivity index (χ2v) is 5.57. The summed E-state index contributed by atoms with van der Waals surface area (Å²) < 4.78 is 0. The van der Waals surface area contributed by atoms with Gasteiger partial charge in [-0.25, -0.2) is 4.98 Å². The van der Waals surface area contributed by atoms with Gasteiger partial charge in [-0.1, -0.05) is 13.8 Å². The number of hydrogen-bond donors (Lipinski definition) is 2. The van der Waals surface area contributed by atoms with E-state index in [9.17, 15) is 4.79 Å². The van der Waals surface area contributed by atoms with Crippen LogP contribution in [0.2, 0.25) is 0 Å². The van der Waals surface area contributed by atoms with Gasteiger partial charge in [0.1, 0.15) is 5.82 Å². The number of aromatic amines is 1. The molecule has 102 valence electrons. The van der Waals surface area contributed by atoms with Crippen molar-refractivity contribution < 1.29 is 0 Å². The second-order valence-electron chi connectivity index (χ2n) is 5.57. The van der Waals surface area contributed by atoms with Crippen molar-refractivity contribution >= 4 is 0 Å². The lowest BCUT2D eigenvalue weighted by Gasteiger charge is -2.22. The third-order valence-corrected chi connectivity index (χ3v) is 3.06. The number of hydrogen-bond acceptors (Lipinski definition) is 3. The molecule has 0 bridgehead atoms. The van der Waals surface area contributed by atoms with Crippen LogP contribution in [0.15, 0.2) is 4.79 Å². The summed E-state index contributed by atoms with van der Waals surface area (Å²) >= 11 is 0. The Morgan fingerprint density at radius 3 is 2.33 bits per heavy atom. The summed E-state index contributed by atoms with van der Waals surface area (Å²) in [5.41, 5.74) is 1.53. The summed E-state index contributed by atoms with van der Waals surface area (Å²) in [6.07, 6.45) is 1.10. The predicted octanol–water partition coefficient (Wildman–Crippen LogP) is 2.47. The van der Waals surface area contributed by atoms with Crippen LogP contribution in [0.3, 0.4) is 0 Å². The number of aryl methyl sites for hydroxylation is 2. The molecule has 2 unspecified atom stereocenters. The first-order valence-corrected chi connectivity index (χ1v) is 6.64. The van der Waals surface area contributed by atoms with Gasteiger partial charge in [-0.2, -0.15) is 0 Å². The van der Waals surface area contributed by atoms with E-state index in [1.165, 1.54) is 0 Å². The second kappa shape index (κ2) is 6.14. The molecule has 2 N–H and O–H groups in total. The molecule has 0 aliphatic heterocycles. The lowest BCUT2D eigenvalue weighted by Crippen LogP contribution is -2.34. The Labute approximate surface area is 109 Å². The van der Waals surface area contributed by atoms with Crippen LogP contribution >= 0.6 is 0 Å². The third kappa shape index (κ3) is 3.95. The Morgan fingerprint density at radius 2 is 1.83 bits per heavy atom. The zero-order valence-electron chi connectivity index (χ0n) is 12.3. The fraction of sp³-hybridized carbons (Fsp3) is 0.714. The molecule has 0 saturated heterocycles. The first-order chi connectivity index (χ1) is 8.31. The minimum atomic E-state index is -0.0308. The lowest BCUT2D eigenvalue weighted by molar-refractivity contribution is 0.404. The van der Waals surface area contributed by atoms with Crippen LogP contribution in [0.1, 0.15) is 57.2 Å². The Kier molecular flexibility index (Phi) is 5.08. The van der Waals surface area contributed by atoms with Crippen LogP contribution < -0.4 is 10.9 Å². The first kappa shape index (κ1) is 14.9. The lowest BCUT2D eigenvalue weighted by atomic mass is 10.0. The van der Waals surface area contributed by atoms with Crippen molar-refractivity contribution in [2.75, 3.05) is 0 Å². The van der Waals surface area contributed by atoms with Crippen molar-refractivity contribution in [3.05, 3.63) is 27.4 Å². The monoisotopic (exact) mass is 251 g/mol. The highest BCUT2D eigenvalue weighted by Crippen LogP contribution is 2.14. The molecular weight excluding hydrogens is 226 g/mol. The molecule has 0 saturated carbocycles. The maximum Gasteiger partial charge on any atom is 0.255 e. The van der Waals surface area contributed by atoms with Gasteiger partial charge in [0.25, 0.3) is 5.56 Å². The number of aromatic nitrogens is 2. The number of nitrogens with zero attached hydrogens (tertiary/aromatic N) is 1. The molecule has 0 aliphatic rings. The smallest absolute Gasteiger partial charge is 0.255 e. The molecule has 2 atom stereocenters. The molecule has 1 aromatic rings. The van der Waals surface area contributed by atoms with Gasteiger partial charge in [-0.05, 0) is 40.0 Å². The molecular formula is C14H25N3O. The van der Waals surface area contributed by atoms with Crippen LogP contribution in [0.4, 0.5) is 0 Å². The molecule has 1 heterocycles. The number of rotatable bonds is 5. The van der Waals surface area contributed by atoms with Gasteiger partial charge in [0.15, 0.2) is 0 Å². The summed E-state index contributed by atoms with van der Waals surface area (Å²) in [7, 11) is 0. The molecule has 0 amide bonds. The van der Waals surface area contributed by atoms with E-state index in [4.69, 9.17) is 0 Å². The van der Waals surface area contributed by atoms with E-state index in [0.29, 0.717) is 17.8 Å². The molecule has 0 spiro atoms. The molecule has 1 aromatic heterocycles. The average molecular weight is 251 g/mol. The van der Waals surface area contributed by atoms with Crippen molar-refractivity contribution in [1.82, 2.24) is 15.3 Å². The summed E-state index contributed by atoms with van der Waals surface area (Å²) in [5, 5.41) is 3.47. The maximum atomic E-state index is 12.0. The Morgan fingerprint density at radius 1 is 1.22 bits per heavy atom. The maximum absolute atomic E-state index is 12.0. The van der Waals surface area contributed by atoms with Gasteiger partial charge in [-0.15, -0.1) is 0 Å². The standard InChI is InChI=1S/C14H25N3O/c1-8(2)7-9(3)15-10(4)13-11(5)16-12(6)17-14(13)18/h8-10,15H,7H2,1-6H3,(H,16,17,18). The first-order valence-electron chi connectivity index (χ1n) is 6.64. The summed E-state index contributed by atoms with van der Waals surface area (Å²) in [6, 6.07) is 0.413. The number of nitrogens with one attached hydrogen (secondary N) is 2. The van der Waals surface area contributed by atoms with Gasteiger partial charge < -0.3 is 10.3 Å². The van der Waals surface area contributed by atoms with Crippen LogP contribution in [0.25, 0.3) is 0 Å². The molecule has 1 rings (SSSR count). The minimum Gasteiger partial charge on any atom is -0.310 e. The van der Waals surface area contributed by atoms with Gasteiger partial charge >= 0.3 is 0 Å². The average Bonchev–Trinajstić information content (AvgIpc) is 2.12. The van der Waals surface area contributed by atoms with Crippen LogP contribution in [0.5, 0.6) is 0 Å². The Balaban J connectivity index is 2.85. The molecule has 0 radical (unpaired) electrons. The van der Waals surface area contributed by atoms with E-state index in [2.05, 4.69) is 36.1 Å². The normalized spacial score (nSPS) is 14.8. The Hall–Kier alpha value is -1.16. The molecule has 18 heavy (non-hydrogen) atoms. The molecule has 0 fully saturated rings. The van der Waals surface area contributed by atoms with Gasteiger partial charge in [0.2, 0.25) is 0 Å². The highest BCUT2D eigenvalue weighted by atomic mass is 16.1. The SMILES string of the molecule is Cc1nc(C)c(C(C)NC(C)CC(C)C)c(=O)[nH]1. The third-order valence-electron chi connectivity index (χ3n) is 3.06. The fourth-order valence-corrected chi connectivity index (χ4v) is 2.53. The Bertz CT molecular complexity index is 451. The molecule has 4 heteroatoms. The van der Waals surface area contributed by atoms with Crippen LogP contribution in [-0.4, -0.2) is 16.0 Å². The van der Waals surface area contributed by atoms with E-state index in [1.54, 1.807) is 6.92 Å². The molecule has 0 aromatic carbocycles. The molecule has 0 aliphatic carbocycles. The number of H-pyrrole nitrogens is 1. The van der Waals surface area contributed by atoms with Gasteiger partial charge in [0.05, 0.1) is 5.56 Å². The minimum absolute atomic E-state index is 0.0237. The van der Waals surface area contributed by atoms with E-state index in [-0.39, 0.29) is 11.6 Å². The van der Waals surface area contributed by atoms with Crippen molar-refractivity contribution in [2.24, 2.45) is 5.92 Å². The van der Waals surface area contributed by atoms with Gasteiger partial charge in [0, 0.05) is 17.8 Å². The van der Waals surface area contributed by atoms with E-state index in [1.807, 2.05) is 13.8 Å². The van der Waals surface area contributed by atoms with E-state index >= 15 is 0 Å². The highest BCUT2D eigenvalue weighted by Gasteiger charge is 2.16. The fourth-order valence-electron chi connectivity index (χ4n) is 2.53. The largest absolute Gasteiger partial charge is 0.310 e. The zero-order valence-corrected chi connectivity index (χ0v) is 12.3. The van der Waals surface area contributed by atoms with Crippen molar-refractivity contribution in [3.8, 4) is 0 Å². The van der Waals surface area contributed by atoms with Crippen LogP contribution in [0, 0.1) is 19.8 Å². The highest BCUT2D eigenvalue weighted by molar-refractivity contribution is 5.20. The van der Waals surface area contributed by atoms with Crippen molar-refractivity contribution in [3.63, 3.8) is 0 Å². The topological polar surface area (TPSA) is 57.8 Å². The van der Waals surface area contributed by atoms with Crippen molar-refractivity contribution in [1.29, 1.82) is 0 Å². The predicted molar refractivity (Wildman–Crippen MR) is 74.8 cm³/mol. The summed E-state index contributed by atoms with van der Waals surface area (Å²) in [4.78, 5) is 19.1. The zero-order chi connectivity index (χ0) is 13.9. The summed E-state index contributed by atoms with van der Waals surface area (Å²) in [6.45, 7) is 12.3. The van der Waals surface area contributed by atoms with Gasteiger partial charge in [-0.3, -0.25) is 4.79 Å².